The molecule has 0 radical (unpaired) electrons. The van der Waals surface area contributed by atoms with Gasteiger partial charge in [0.15, 0.2) is 6.61 Å². The number of carbonyl (C=O) groups excluding carboxylic acids is 1. The Hall–Kier alpha value is -3.38. The van der Waals surface area contributed by atoms with E-state index in [1.807, 2.05) is 31.2 Å². The fourth-order valence-electron chi connectivity index (χ4n) is 3.15. The Morgan fingerprint density at radius 3 is 2.62 bits per heavy atom. The first-order chi connectivity index (χ1) is 14.0. The number of carbonyl (C=O) groups is 2. The number of ether oxygens (including phenoxy) is 1. The van der Waals surface area contributed by atoms with Gasteiger partial charge < -0.3 is 20.3 Å². The Morgan fingerprint density at radius 2 is 1.86 bits per heavy atom. The number of nitrogens with one attached hydrogen (secondary N) is 1. The average Bonchev–Trinajstić information content (AvgIpc) is 2.71. The second-order valence-electron chi connectivity index (χ2n) is 6.75. The lowest BCUT2D eigenvalue weighted by molar-refractivity contribution is -0.139. The van der Waals surface area contributed by atoms with E-state index >= 15 is 0 Å². The summed E-state index contributed by atoms with van der Waals surface area (Å²) >= 11 is 0. The van der Waals surface area contributed by atoms with E-state index in [-0.39, 0.29) is 5.91 Å². The molecule has 0 heterocycles. The summed E-state index contributed by atoms with van der Waals surface area (Å²) in [4.78, 5) is 23.5. The number of aliphatic hydroxyl groups excluding tert-OH is 1. The van der Waals surface area contributed by atoms with Gasteiger partial charge in [-0.2, -0.15) is 0 Å². The van der Waals surface area contributed by atoms with Crippen LogP contribution in [0.15, 0.2) is 60.7 Å². The number of amides is 1. The average molecular weight is 393 g/mol. The molecule has 6 heteroatoms. The van der Waals surface area contributed by atoms with Crippen LogP contribution >= 0.6 is 0 Å². The maximum Gasteiger partial charge on any atom is 0.341 e. The molecule has 29 heavy (non-hydrogen) atoms. The van der Waals surface area contributed by atoms with E-state index in [4.69, 9.17) is 9.84 Å². The predicted octanol–water partition coefficient (Wildman–Crippen LogP) is 4.39. The van der Waals surface area contributed by atoms with Gasteiger partial charge in [0.05, 0.1) is 6.10 Å². The first-order valence-corrected chi connectivity index (χ1v) is 9.44. The molecule has 0 bridgehead atoms. The van der Waals surface area contributed by atoms with Crippen molar-refractivity contribution in [3.05, 3.63) is 71.8 Å². The van der Waals surface area contributed by atoms with Gasteiger partial charge in [0.25, 0.3) is 5.91 Å². The van der Waals surface area contributed by atoms with Crippen molar-refractivity contribution in [3.8, 4) is 5.75 Å². The highest BCUT2D eigenvalue weighted by molar-refractivity contribution is 6.13. The molecular weight excluding hydrogens is 370 g/mol. The zero-order valence-electron chi connectivity index (χ0n) is 16.1. The summed E-state index contributed by atoms with van der Waals surface area (Å²) in [6.07, 6.45) is 1.05. The van der Waals surface area contributed by atoms with Crippen LogP contribution in [0.1, 0.15) is 41.8 Å². The minimum absolute atomic E-state index is 0.284. The summed E-state index contributed by atoms with van der Waals surface area (Å²) in [5.74, 6) is -0.996. The standard InChI is InChI=1S/C23H23NO5/c1-2-5-21(25)16-10-11-19-15(12-16)6-3-9-20(19)23(28)24-17-7-4-8-18(13-17)29-14-22(26)27/h3-4,6-13,21,25H,2,5,14H2,1H3,(H,24,28)(H,26,27). The summed E-state index contributed by atoms with van der Waals surface area (Å²) in [6, 6.07) is 17.6. The number of hydrogen-bond acceptors (Lipinski definition) is 4. The molecule has 150 valence electrons. The Morgan fingerprint density at radius 1 is 1.07 bits per heavy atom. The second-order valence-corrected chi connectivity index (χ2v) is 6.75. The molecule has 0 aromatic heterocycles. The molecule has 0 aliphatic rings. The van der Waals surface area contributed by atoms with E-state index in [0.717, 1.165) is 22.8 Å². The Labute approximate surface area is 168 Å². The minimum atomic E-state index is -1.07. The van der Waals surface area contributed by atoms with Crippen LogP contribution in [-0.4, -0.2) is 28.7 Å². The monoisotopic (exact) mass is 393 g/mol. The Bertz CT molecular complexity index is 1030. The van der Waals surface area contributed by atoms with Crippen LogP contribution in [-0.2, 0) is 4.79 Å². The predicted molar refractivity (Wildman–Crippen MR) is 111 cm³/mol. The van der Waals surface area contributed by atoms with Gasteiger partial charge >= 0.3 is 5.97 Å². The number of aliphatic hydroxyl groups is 1. The molecule has 1 amide bonds. The van der Waals surface area contributed by atoms with Crippen LogP contribution in [0.5, 0.6) is 5.75 Å². The van der Waals surface area contributed by atoms with Gasteiger partial charge in [-0.1, -0.05) is 43.7 Å². The lowest BCUT2D eigenvalue weighted by Gasteiger charge is -2.13. The van der Waals surface area contributed by atoms with Crippen molar-refractivity contribution in [3.63, 3.8) is 0 Å². The van der Waals surface area contributed by atoms with Crippen molar-refractivity contribution in [1.82, 2.24) is 0 Å². The van der Waals surface area contributed by atoms with E-state index in [0.29, 0.717) is 23.4 Å². The molecule has 0 saturated carbocycles. The van der Waals surface area contributed by atoms with Gasteiger partial charge in [-0.25, -0.2) is 4.79 Å². The molecule has 3 aromatic rings. The number of carboxylic acids is 1. The lowest BCUT2D eigenvalue weighted by Crippen LogP contribution is -2.13. The van der Waals surface area contributed by atoms with Gasteiger partial charge in [-0.15, -0.1) is 0 Å². The van der Waals surface area contributed by atoms with Crippen LogP contribution in [0, 0.1) is 0 Å². The first kappa shape index (κ1) is 20.4. The second kappa shape index (κ2) is 9.21. The van der Waals surface area contributed by atoms with Crippen molar-refractivity contribution in [2.24, 2.45) is 0 Å². The van der Waals surface area contributed by atoms with Crippen molar-refractivity contribution >= 4 is 28.3 Å². The summed E-state index contributed by atoms with van der Waals surface area (Å²) in [5, 5.41) is 23.4. The van der Waals surface area contributed by atoms with Crippen LogP contribution in [0.4, 0.5) is 5.69 Å². The van der Waals surface area contributed by atoms with E-state index < -0.39 is 18.7 Å². The maximum atomic E-state index is 12.8. The number of fused-ring (bicyclic) bond motifs is 1. The molecule has 3 N–H and O–H groups in total. The topological polar surface area (TPSA) is 95.9 Å². The lowest BCUT2D eigenvalue weighted by atomic mass is 9.98. The molecule has 0 saturated heterocycles. The third-order valence-electron chi connectivity index (χ3n) is 4.55. The van der Waals surface area contributed by atoms with Gasteiger partial charge in [-0.05, 0) is 47.0 Å². The minimum Gasteiger partial charge on any atom is -0.482 e. The normalized spacial score (nSPS) is 11.8. The highest BCUT2D eigenvalue weighted by atomic mass is 16.5. The highest BCUT2D eigenvalue weighted by Crippen LogP contribution is 2.26. The fourth-order valence-corrected chi connectivity index (χ4v) is 3.15. The zero-order valence-corrected chi connectivity index (χ0v) is 16.1. The van der Waals surface area contributed by atoms with Crippen LogP contribution < -0.4 is 10.1 Å². The van der Waals surface area contributed by atoms with E-state index in [2.05, 4.69) is 5.32 Å². The molecule has 0 spiro atoms. The number of carboxylic acid groups (broad SMARTS) is 1. The summed E-state index contributed by atoms with van der Waals surface area (Å²) in [5.41, 5.74) is 1.85. The van der Waals surface area contributed by atoms with Gasteiger partial charge in [0, 0.05) is 17.3 Å². The largest absolute Gasteiger partial charge is 0.482 e. The highest BCUT2D eigenvalue weighted by Gasteiger charge is 2.13. The number of anilines is 1. The van der Waals surface area contributed by atoms with E-state index in [9.17, 15) is 14.7 Å². The van der Waals surface area contributed by atoms with E-state index in [1.165, 1.54) is 0 Å². The Kier molecular flexibility index (Phi) is 6.46. The molecule has 6 nitrogen and oxygen atoms in total. The molecule has 1 unspecified atom stereocenters. The van der Waals surface area contributed by atoms with Crippen molar-refractivity contribution < 1.29 is 24.5 Å². The van der Waals surface area contributed by atoms with Crippen molar-refractivity contribution in [2.45, 2.75) is 25.9 Å². The number of rotatable bonds is 8. The third-order valence-corrected chi connectivity index (χ3v) is 4.55. The molecule has 1 atom stereocenters. The maximum absolute atomic E-state index is 12.8. The molecule has 0 aliphatic heterocycles. The van der Waals surface area contributed by atoms with Crippen LogP contribution in [0.2, 0.25) is 0 Å². The Balaban J connectivity index is 1.82. The van der Waals surface area contributed by atoms with Gasteiger partial charge in [-0.3, -0.25) is 4.79 Å². The van der Waals surface area contributed by atoms with Crippen LogP contribution in [0.3, 0.4) is 0 Å². The van der Waals surface area contributed by atoms with Gasteiger partial charge in [0.1, 0.15) is 5.75 Å². The van der Waals surface area contributed by atoms with Crippen molar-refractivity contribution in [1.29, 1.82) is 0 Å². The quantitative estimate of drug-likeness (QED) is 0.527. The number of aliphatic carboxylic acids is 1. The summed E-state index contributed by atoms with van der Waals surface area (Å²) in [6.45, 7) is 1.57. The number of hydrogen-bond donors (Lipinski definition) is 3. The third kappa shape index (κ3) is 5.12. The summed E-state index contributed by atoms with van der Waals surface area (Å²) in [7, 11) is 0. The molecule has 3 aromatic carbocycles. The van der Waals surface area contributed by atoms with Crippen LogP contribution in [0.25, 0.3) is 10.8 Å². The fraction of sp³-hybridized carbons (Fsp3) is 0.217. The molecule has 0 fully saturated rings. The first-order valence-electron chi connectivity index (χ1n) is 9.44. The number of benzene rings is 3. The molecular formula is C23H23NO5. The SMILES string of the molecule is CCCC(O)c1ccc2c(C(=O)Nc3cccc(OCC(=O)O)c3)cccc2c1. The summed E-state index contributed by atoms with van der Waals surface area (Å²) < 4.78 is 5.15. The van der Waals surface area contributed by atoms with Crippen molar-refractivity contribution in [2.75, 3.05) is 11.9 Å². The zero-order chi connectivity index (χ0) is 20.8. The molecule has 0 aliphatic carbocycles. The smallest absolute Gasteiger partial charge is 0.341 e. The molecule has 3 rings (SSSR count). The van der Waals surface area contributed by atoms with Gasteiger partial charge in [0.2, 0.25) is 0 Å². The van der Waals surface area contributed by atoms with E-state index in [1.54, 1.807) is 36.4 Å².